The van der Waals surface area contributed by atoms with Crippen LogP contribution in [0.3, 0.4) is 0 Å². The Labute approximate surface area is 124 Å². The Kier molecular flexibility index (Phi) is 6.96. The van der Waals surface area contributed by atoms with E-state index in [1.807, 2.05) is 0 Å². The van der Waals surface area contributed by atoms with Crippen LogP contribution >= 0.6 is 0 Å². The van der Waals surface area contributed by atoms with Gasteiger partial charge in [0.15, 0.2) is 0 Å². The van der Waals surface area contributed by atoms with Crippen molar-refractivity contribution >= 4 is 5.91 Å². The molecule has 1 fully saturated rings. The fourth-order valence-corrected chi connectivity index (χ4v) is 2.81. The third-order valence-electron chi connectivity index (χ3n) is 4.21. The van der Waals surface area contributed by atoms with Crippen molar-refractivity contribution in [1.82, 2.24) is 15.1 Å². The quantitative estimate of drug-likeness (QED) is 0.741. The summed E-state index contributed by atoms with van der Waals surface area (Å²) in [6.07, 6.45) is 3.36. The van der Waals surface area contributed by atoms with Crippen molar-refractivity contribution < 1.29 is 4.79 Å². The van der Waals surface area contributed by atoms with Crippen LogP contribution < -0.4 is 5.32 Å². The number of carbonyl (C=O) groups is 1. The number of carbonyl (C=O) groups excluding carboxylic acids is 1. The molecule has 118 valence electrons. The average Bonchev–Trinajstić information content (AvgIpc) is 2.65. The van der Waals surface area contributed by atoms with E-state index >= 15 is 0 Å². The molecule has 0 saturated carbocycles. The third-order valence-corrected chi connectivity index (χ3v) is 4.21. The van der Waals surface area contributed by atoms with Crippen LogP contribution in [0.1, 0.15) is 47.0 Å². The smallest absolute Gasteiger partial charge is 0.241 e. The van der Waals surface area contributed by atoms with Gasteiger partial charge in [-0.2, -0.15) is 0 Å². The summed E-state index contributed by atoms with van der Waals surface area (Å²) in [5, 5.41) is 3.57. The van der Waals surface area contributed by atoms with E-state index in [4.69, 9.17) is 0 Å². The lowest BCUT2D eigenvalue weighted by molar-refractivity contribution is -0.131. The number of hydrogen-bond donors (Lipinski definition) is 1. The molecule has 3 unspecified atom stereocenters. The van der Waals surface area contributed by atoms with Crippen LogP contribution in [0, 0.1) is 11.8 Å². The van der Waals surface area contributed by atoms with Gasteiger partial charge in [0.25, 0.3) is 0 Å². The summed E-state index contributed by atoms with van der Waals surface area (Å²) < 4.78 is 0. The lowest BCUT2D eigenvalue weighted by Crippen LogP contribution is -2.39. The summed E-state index contributed by atoms with van der Waals surface area (Å²) in [5.41, 5.74) is 0. The normalized spacial score (nSPS) is 25.0. The largest absolute Gasteiger partial charge is 0.326 e. The molecule has 1 aliphatic rings. The molecule has 1 heterocycles. The molecule has 0 aromatic rings. The average molecular weight is 283 g/mol. The molecule has 0 bridgehead atoms. The predicted molar refractivity (Wildman–Crippen MR) is 84.5 cm³/mol. The fourth-order valence-electron chi connectivity index (χ4n) is 2.81. The highest BCUT2D eigenvalue weighted by molar-refractivity contribution is 5.84. The van der Waals surface area contributed by atoms with Gasteiger partial charge in [0.2, 0.25) is 5.91 Å². The first-order valence-corrected chi connectivity index (χ1v) is 8.08. The summed E-state index contributed by atoms with van der Waals surface area (Å²) in [7, 11) is 4.16. The monoisotopic (exact) mass is 283 g/mol. The van der Waals surface area contributed by atoms with Gasteiger partial charge in [0.1, 0.15) is 0 Å². The molecule has 1 saturated heterocycles. The van der Waals surface area contributed by atoms with Gasteiger partial charge in [-0.25, -0.2) is 0 Å². The first kappa shape index (κ1) is 17.4. The molecule has 1 aliphatic heterocycles. The maximum atomic E-state index is 12.6. The second-order valence-electron chi connectivity index (χ2n) is 6.86. The molecule has 4 heteroatoms. The third kappa shape index (κ3) is 4.74. The van der Waals surface area contributed by atoms with E-state index < -0.39 is 0 Å². The molecular weight excluding hydrogens is 250 g/mol. The first-order chi connectivity index (χ1) is 9.36. The van der Waals surface area contributed by atoms with Crippen molar-refractivity contribution in [2.75, 3.05) is 27.2 Å². The van der Waals surface area contributed by atoms with Crippen molar-refractivity contribution in [2.24, 2.45) is 11.8 Å². The standard InChI is InChI=1S/C16H33N3O/c1-7-13(4)15-16(20)19(10-8-9-18(5)6)14(17-15)11-12(2)3/h12-15,17H,7-11H2,1-6H3. The van der Waals surface area contributed by atoms with E-state index in [9.17, 15) is 4.79 Å². The Morgan fingerprint density at radius 2 is 1.95 bits per heavy atom. The molecule has 0 aliphatic carbocycles. The molecule has 1 N–H and O–H groups in total. The maximum Gasteiger partial charge on any atom is 0.241 e. The van der Waals surface area contributed by atoms with Crippen LogP contribution in [0.5, 0.6) is 0 Å². The molecular formula is C16H33N3O. The minimum atomic E-state index is 0.0168. The highest BCUT2D eigenvalue weighted by atomic mass is 16.2. The summed E-state index contributed by atoms with van der Waals surface area (Å²) in [5.74, 6) is 1.33. The highest BCUT2D eigenvalue weighted by Gasteiger charge is 2.40. The van der Waals surface area contributed by atoms with Gasteiger partial charge in [0, 0.05) is 6.54 Å². The zero-order valence-electron chi connectivity index (χ0n) is 14.1. The summed E-state index contributed by atoms with van der Waals surface area (Å²) >= 11 is 0. The van der Waals surface area contributed by atoms with Gasteiger partial charge in [0.05, 0.1) is 12.2 Å². The SMILES string of the molecule is CCC(C)C1NC(CC(C)C)N(CCCN(C)C)C1=O. The van der Waals surface area contributed by atoms with Crippen molar-refractivity contribution in [2.45, 2.75) is 59.2 Å². The van der Waals surface area contributed by atoms with Gasteiger partial charge in [-0.15, -0.1) is 0 Å². The van der Waals surface area contributed by atoms with Crippen LogP contribution in [-0.2, 0) is 4.79 Å². The Morgan fingerprint density at radius 3 is 2.45 bits per heavy atom. The van der Waals surface area contributed by atoms with E-state index in [1.165, 1.54) is 0 Å². The molecule has 1 amide bonds. The molecule has 0 aromatic carbocycles. The summed E-state index contributed by atoms with van der Waals surface area (Å²) in [6.45, 7) is 10.7. The Morgan fingerprint density at radius 1 is 1.30 bits per heavy atom. The first-order valence-electron chi connectivity index (χ1n) is 8.08. The van der Waals surface area contributed by atoms with Crippen LogP contribution in [0.4, 0.5) is 0 Å². The Balaban J connectivity index is 2.66. The van der Waals surface area contributed by atoms with E-state index in [0.717, 1.165) is 32.4 Å². The van der Waals surface area contributed by atoms with Crippen molar-refractivity contribution in [1.29, 1.82) is 0 Å². The molecule has 0 aromatic heterocycles. The zero-order valence-corrected chi connectivity index (χ0v) is 14.1. The Bertz CT molecular complexity index is 304. The van der Waals surface area contributed by atoms with Gasteiger partial charge >= 0.3 is 0 Å². The number of hydrogen-bond acceptors (Lipinski definition) is 3. The van der Waals surface area contributed by atoms with Crippen molar-refractivity contribution in [3.63, 3.8) is 0 Å². The minimum absolute atomic E-state index is 0.0168. The number of rotatable bonds is 8. The molecule has 1 rings (SSSR count). The van der Waals surface area contributed by atoms with Crippen molar-refractivity contribution in [3.05, 3.63) is 0 Å². The zero-order chi connectivity index (χ0) is 15.3. The molecule has 0 radical (unpaired) electrons. The number of nitrogens with zero attached hydrogens (tertiary/aromatic N) is 2. The van der Waals surface area contributed by atoms with Crippen LogP contribution in [0.15, 0.2) is 0 Å². The van der Waals surface area contributed by atoms with Crippen LogP contribution in [-0.4, -0.2) is 55.1 Å². The second-order valence-corrected chi connectivity index (χ2v) is 6.86. The van der Waals surface area contributed by atoms with Gasteiger partial charge < -0.3 is 9.80 Å². The highest BCUT2D eigenvalue weighted by Crippen LogP contribution is 2.23. The van der Waals surface area contributed by atoms with E-state index in [2.05, 4.69) is 56.9 Å². The molecule has 0 spiro atoms. The second kappa shape index (κ2) is 7.99. The molecule has 3 atom stereocenters. The topological polar surface area (TPSA) is 35.6 Å². The van der Waals surface area contributed by atoms with Gasteiger partial charge in [-0.3, -0.25) is 10.1 Å². The lowest BCUT2D eigenvalue weighted by atomic mass is 9.99. The summed E-state index contributed by atoms with van der Waals surface area (Å²) in [4.78, 5) is 16.9. The minimum Gasteiger partial charge on any atom is -0.326 e. The van der Waals surface area contributed by atoms with E-state index in [0.29, 0.717) is 17.7 Å². The number of nitrogens with one attached hydrogen (secondary N) is 1. The van der Waals surface area contributed by atoms with Gasteiger partial charge in [-0.05, 0) is 45.3 Å². The molecule has 20 heavy (non-hydrogen) atoms. The van der Waals surface area contributed by atoms with Crippen LogP contribution in [0.25, 0.3) is 0 Å². The summed E-state index contributed by atoms with van der Waals surface area (Å²) in [6, 6.07) is 0.0168. The number of amides is 1. The van der Waals surface area contributed by atoms with Gasteiger partial charge in [-0.1, -0.05) is 34.1 Å². The maximum absolute atomic E-state index is 12.6. The van der Waals surface area contributed by atoms with E-state index in [1.54, 1.807) is 0 Å². The Hall–Kier alpha value is -0.610. The van der Waals surface area contributed by atoms with Crippen molar-refractivity contribution in [3.8, 4) is 0 Å². The fraction of sp³-hybridized carbons (Fsp3) is 0.938. The van der Waals surface area contributed by atoms with Crippen LogP contribution in [0.2, 0.25) is 0 Å². The molecule has 4 nitrogen and oxygen atoms in total. The predicted octanol–water partition coefficient (Wildman–Crippen LogP) is 2.16. The van der Waals surface area contributed by atoms with E-state index in [-0.39, 0.29) is 12.2 Å². The lowest BCUT2D eigenvalue weighted by Gasteiger charge is -2.26.